The van der Waals surface area contributed by atoms with Crippen molar-refractivity contribution in [1.82, 2.24) is 25.0 Å². The lowest BCUT2D eigenvalue weighted by Gasteiger charge is -2.31. The maximum absolute atomic E-state index is 13.0. The van der Waals surface area contributed by atoms with Crippen LogP contribution < -0.4 is 5.32 Å². The monoisotopic (exact) mass is 373 g/mol. The number of nitrogens with one attached hydrogen (secondary N) is 1. The number of thiazole rings is 1. The standard InChI is InChI=1S/C19H27N5OS/c1-2-15-13-26-18(21-15)14-5-4-9-23(12-14)19(25)17-7-10-24(22-17)16-6-3-8-20-11-16/h7,10,13-14,16,20H,2-6,8-9,11-12H2,1H3. The van der Waals surface area contributed by atoms with Crippen molar-refractivity contribution in [3.8, 4) is 0 Å². The van der Waals surface area contributed by atoms with E-state index in [2.05, 4.69) is 22.7 Å². The molecule has 2 saturated heterocycles. The van der Waals surface area contributed by atoms with E-state index in [9.17, 15) is 4.79 Å². The molecule has 6 nitrogen and oxygen atoms in total. The minimum absolute atomic E-state index is 0.0597. The van der Waals surface area contributed by atoms with Crippen molar-refractivity contribution in [2.45, 2.75) is 51.0 Å². The molecule has 2 aromatic rings. The Balaban J connectivity index is 1.43. The average Bonchev–Trinajstić information content (AvgIpc) is 3.38. The second-order valence-corrected chi connectivity index (χ2v) is 8.19. The van der Waals surface area contributed by atoms with Gasteiger partial charge in [0.15, 0.2) is 0 Å². The zero-order valence-electron chi connectivity index (χ0n) is 15.4. The summed E-state index contributed by atoms with van der Waals surface area (Å²) in [6.07, 6.45) is 7.36. The van der Waals surface area contributed by atoms with Crippen LogP contribution in [0, 0.1) is 0 Å². The van der Waals surface area contributed by atoms with Gasteiger partial charge in [0.1, 0.15) is 5.69 Å². The van der Waals surface area contributed by atoms with Gasteiger partial charge in [-0.25, -0.2) is 4.98 Å². The van der Waals surface area contributed by atoms with Gasteiger partial charge in [-0.2, -0.15) is 5.10 Å². The van der Waals surface area contributed by atoms with Crippen LogP contribution in [0.3, 0.4) is 0 Å². The van der Waals surface area contributed by atoms with Crippen molar-refractivity contribution in [1.29, 1.82) is 0 Å². The van der Waals surface area contributed by atoms with E-state index in [-0.39, 0.29) is 5.91 Å². The van der Waals surface area contributed by atoms with Crippen LogP contribution in [0.15, 0.2) is 17.6 Å². The van der Waals surface area contributed by atoms with Gasteiger partial charge >= 0.3 is 0 Å². The second-order valence-electron chi connectivity index (χ2n) is 7.30. The van der Waals surface area contributed by atoms with Gasteiger partial charge in [0.05, 0.1) is 16.7 Å². The number of nitrogens with zero attached hydrogens (tertiary/aromatic N) is 4. The molecule has 2 atom stereocenters. The molecule has 0 aliphatic carbocycles. The van der Waals surface area contributed by atoms with Gasteiger partial charge in [-0.05, 0) is 44.7 Å². The fraction of sp³-hybridized carbons (Fsp3) is 0.632. The third-order valence-electron chi connectivity index (χ3n) is 5.46. The van der Waals surface area contributed by atoms with Gasteiger partial charge in [-0.15, -0.1) is 11.3 Å². The highest BCUT2D eigenvalue weighted by Crippen LogP contribution is 2.30. The van der Waals surface area contributed by atoms with Gasteiger partial charge in [0.25, 0.3) is 5.91 Å². The summed E-state index contributed by atoms with van der Waals surface area (Å²) in [5, 5.41) is 11.3. The quantitative estimate of drug-likeness (QED) is 0.895. The fourth-order valence-corrected chi connectivity index (χ4v) is 4.94. The minimum Gasteiger partial charge on any atom is -0.337 e. The molecular weight excluding hydrogens is 346 g/mol. The fourth-order valence-electron chi connectivity index (χ4n) is 3.91. The Labute approximate surface area is 158 Å². The minimum atomic E-state index is 0.0597. The van der Waals surface area contributed by atoms with E-state index in [1.165, 1.54) is 5.01 Å². The number of aryl methyl sites for hydroxylation is 1. The molecule has 7 heteroatoms. The van der Waals surface area contributed by atoms with Crippen LogP contribution in [0.1, 0.15) is 65.8 Å². The summed E-state index contributed by atoms with van der Waals surface area (Å²) in [6, 6.07) is 2.24. The predicted molar refractivity (Wildman–Crippen MR) is 103 cm³/mol. The van der Waals surface area contributed by atoms with Crippen LogP contribution in [0.4, 0.5) is 0 Å². The number of hydrogen-bond donors (Lipinski definition) is 1. The van der Waals surface area contributed by atoms with Crippen molar-refractivity contribution in [2.24, 2.45) is 0 Å². The van der Waals surface area contributed by atoms with Gasteiger partial charge in [0.2, 0.25) is 0 Å². The van der Waals surface area contributed by atoms with Gasteiger partial charge in [-0.1, -0.05) is 6.92 Å². The first kappa shape index (κ1) is 17.7. The highest BCUT2D eigenvalue weighted by molar-refractivity contribution is 7.09. The van der Waals surface area contributed by atoms with E-state index >= 15 is 0 Å². The summed E-state index contributed by atoms with van der Waals surface area (Å²) >= 11 is 1.74. The van der Waals surface area contributed by atoms with Crippen LogP contribution in [0.2, 0.25) is 0 Å². The molecule has 2 unspecified atom stereocenters. The molecule has 1 amide bonds. The molecule has 26 heavy (non-hydrogen) atoms. The largest absolute Gasteiger partial charge is 0.337 e. The third kappa shape index (κ3) is 3.69. The van der Waals surface area contributed by atoms with Crippen molar-refractivity contribution in [3.05, 3.63) is 34.0 Å². The molecule has 0 radical (unpaired) electrons. The van der Waals surface area contributed by atoms with E-state index in [0.29, 0.717) is 17.7 Å². The lowest BCUT2D eigenvalue weighted by molar-refractivity contribution is 0.0699. The summed E-state index contributed by atoms with van der Waals surface area (Å²) in [6.45, 7) is 5.72. The Morgan fingerprint density at radius 2 is 2.31 bits per heavy atom. The number of aromatic nitrogens is 3. The highest BCUT2D eigenvalue weighted by Gasteiger charge is 2.28. The summed E-state index contributed by atoms with van der Waals surface area (Å²) < 4.78 is 1.97. The van der Waals surface area contributed by atoms with Gasteiger partial charge in [-0.3, -0.25) is 9.48 Å². The molecule has 0 bridgehead atoms. The summed E-state index contributed by atoms with van der Waals surface area (Å²) in [5.41, 5.74) is 1.73. The van der Waals surface area contributed by atoms with E-state index in [1.807, 2.05) is 21.8 Å². The molecule has 2 aliphatic heterocycles. The van der Waals surface area contributed by atoms with Crippen molar-refractivity contribution in [2.75, 3.05) is 26.2 Å². The van der Waals surface area contributed by atoms with Crippen LogP contribution in [-0.2, 0) is 6.42 Å². The number of rotatable bonds is 4. The lowest BCUT2D eigenvalue weighted by atomic mass is 9.98. The molecule has 1 N–H and O–H groups in total. The number of amides is 1. The summed E-state index contributed by atoms with van der Waals surface area (Å²) in [7, 11) is 0. The molecule has 0 spiro atoms. The third-order valence-corrected chi connectivity index (χ3v) is 6.52. The molecule has 0 saturated carbocycles. The number of likely N-dealkylation sites (tertiary alicyclic amines) is 1. The molecule has 4 heterocycles. The Kier molecular flexibility index (Phi) is 5.36. The van der Waals surface area contributed by atoms with Crippen molar-refractivity contribution in [3.63, 3.8) is 0 Å². The average molecular weight is 374 g/mol. The second kappa shape index (κ2) is 7.88. The van der Waals surface area contributed by atoms with E-state index in [1.54, 1.807) is 11.3 Å². The Morgan fingerprint density at radius 3 is 3.08 bits per heavy atom. The smallest absolute Gasteiger partial charge is 0.274 e. The Bertz CT molecular complexity index is 749. The van der Waals surface area contributed by atoms with Gasteiger partial charge < -0.3 is 10.2 Å². The molecule has 2 aromatic heterocycles. The van der Waals surface area contributed by atoms with E-state index < -0.39 is 0 Å². The molecule has 4 rings (SSSR count). The van der Waals surface area contributed by atoms with Crippen molar-refractivity contribution < 1.29 is 4.79 Å². The molecule has 0 aromatic carbocycles. The molecular formula is C19H27N5OS. The normalized spacial score (nSPS) is 24.0. The van der Waals surface area contributed by atoms with Crippen LogP contribution in [-0.4, -0.2) is 51.8 Å². The Hall–Kier alpha value is -1.73. The first-order valence-corrected chi connectivity index (χ1v) is 10.6. The zero-order chi connectivity index (χ0) is 17.9. The number of piperidine rings is 2. The Morgan fingerprint density at radius 1 is 1.38 bits per heavy atom. The molecule has 2 fully saturated rings. The zero-order valence-corrected chi connectivity index (χ0v) is 16.2. The maximum atomic E-state index is 13.0. The SMILES string of the molecule is CCc1csc(C2CCCN(C(=O)c3ccn(C4CCCNC4)n3)C2)n1. The maximum Gasteiger partial charge on any atom is 0.274 e. The topological polar surface area (TPSA) is 63.1 Å². The number of carbonyl (C=O) groups is 1. The summed E-state index contributed by atoms with van der Waals surface area (Å²) in [4.78, 5) is 19.7. The van der Waals surface area contributed by atoms with Crippen molar-refractivity contribution >= 4 is 17.2 Å². The van der Waals surface area contributed by atoms with Crippen LogP contribution >= 0.6 is 11.3 Å². The molecule has 2 aliphatic rings. The number of carbonyl (C=O) groups excluding carboxylic acids is 1. The number of hydrogen-bond acceptors (Lipinski definition) is 5. The predicted octanol–water partition coefficient (Wildman–Crippen LogP) is 2.85. The summed E-state index contributed by atoms with van der Waals surface area (Å²) in [5.74, 6) is 0.423. The van der Waals surface area contributed by atoms with Crippen LogP contribution in [0.25, 0.3) is 0 Å². The highest BCUT2D eigenvalue weighted by atomic mass is 32.1. The molecule has 140 valence electrons. The van der Waals surface area contributed by atoms with E-state index in [0.717, 1.165) is 64.0 Å². The lowest BCUT2D eigenvalue weighted by Crippen LogP contribution is -2.39. The van der Waals surface area contributed by atoms with E-state index in [4.69, 9.17) is 4.98 Å². The van der Waals surface area contributed by atoms with Gasteiger partial charge in [0, 0.05) is 37.1 Å². The van der Waals surface area contributed by atoms with Crippen LogP contribution in [0.5, 0.6) is 0 Å². The first-order valence-electron chi connectivity index (χ1n) is 9.74. The first-order chi connectivity index (χ1) is 12.7.